The molecule has 38 heavy (non-hydrogen) atoms. The van der Waals surface area contributed by atoms with E-state index >= 15 is 0 Å². The standard InChI is InChI=1S/C31H42N4O3/c1-37-21-30-28-16-15-27(38-2)19-29(28)31(34-33-30)32-24-8-4-7-22(9-12-24)5-3-6-23-10-13-25(14-11-23)35-18-17-26(36)20-35/h10-11,13-16,19,22,24,26,36H,3-9,12,17-18,20-21H2,1-2H3,(H,32,34)/t22?,24?,26-/m0/s1. The third-order valence-corrected chi connectivity index (χ3v) is 8.32. The Morgan fingerprint density at radius 3 is 2.61 bits per heavy atom. The highest BCUT2D eigenvalue weighted by atomic mass is 16.5. The van der Waals surface area contributed by atoms with E-state index < -0.39 is 0 Å². The van der Waals surface area contributed by atoms with Crippen LogP contribution in [0.4, 0.5) is 11.5 Å². The Balaban J connectivity index is 1.13. The number of ether oxygens (including phenoxy) is 2. The van der Waals surface area contributed by atoms with Gasteiger partial charge in [0, 0.05) is 42.7 Å². The number of nitrogens with zero attached hydrogens (tertiary/aromatic N) is 3. The van der Waals surface area contributed by atoms with Crippen molar-refractivity contribution < 1.29 is 14.6 Å². The number of fused-ring (bicyclic) bond motifs is 1. The molecule has 1 aliphatic carbocycles. The normalized spacial score (nSPS) is 22.0. The van der Waals surface area contributed by atoms with E-state index in [2.05, 4.69) is 50.7 Å². The summed E-state index contributed by atoms with van der Waals surface area (Å²) in [6, 6.07) is 15.5. The van der Waals surface area contributed by atoms with Crippen LogP contribution in [0.25, 0.3) is 10.8 Å². The first kappa shape index (κ1) is 26.7. The van der Waals surface area contributed by atoms with Crippen LogP contribution in [0, 0.1) is 5.92 Å². The Bertz CT molecular complexity index is 1190. The van der Waals surface area contributed by atoms with E-state index in [0.29, 0.717) is 12.6 Å². The molecule has 5 rings (SSSR count). The Morgan fingerprint density at radius 1 is 0.974 bits per heavy atom. The van der Waals surface area contributed by atoms with E-state index in [1.807, 2.05) is 12.1 Å². The number of hydrogen-bond acceptors (Lipinski definition) is 7. The lowest BCUT2D eigenvalue weighted by molar-refractivity contribution is 0.182. The van der Waals surface area contributed by atoms with Gasteiger partial charge in [0.15, 0.2) is 5.82 Å². The fourth-order valence-electron chi connectivity index (χ4n) is 6.12. The molecule has 0 spiro atoms. The fourth-order valence-corrected chi connectivity index (χ4v) is 6.12. The molecule has 2 aromatic carbocycles. The van der Waals surface area contributed by atoms with E-state index in [1.165, 1.54) is 43.4 Å². The van der Waals surface area contributed by atoms with Gasteiger partial charge < -0.3 is 24.8 Å². The smallest absolute Gasteiger partial charge is 0.156 e. The lowest BCUT2D eigenvalue weighted by atomic mass is 9.93. The molecule has 2 fully saturated rings. The molecular weight excluding hydrogens is 476 g/mol. The second-order valence-corrected chi connectivity index (χ2v) is 11.0. The van der Waals surface area contributed by atoms with Gasteiger partial charge in [0.25, 0.3) is 0 Å². The molecule has 7 heteroatoms. The lowest BCUT2D eigenvalue weighted by Crippen LogP contribution is -2.20. The average molecular weight is 519 g/mol. The van der Waals surface area contributed by atoms with E-state index in [-0.39, 0.29) is 6.10 Å². The van der Waals surface area contributed by atoms with Crippen LogP contribution < -0.4 is 15.0 Å². The van der Waals surface area contributed by atoms with Crippen molar-refractivity contribution in [3.8, 4) is 5.75 Å². The average Bonchev–Trinajstić information content (AvgIpc) is 3.26. The summed E-state index contributed by atoms with van der Waals surface area (Å²) in [6.45, 7) is 2.15. The maximum Gasteiger partial charge on any atom is 0.156 e. The minimum Gasteiger partial charge on any atom is -0.497 e. The molecular formula is C31H42N4O3. The van der Waals surface area contributed by atoms with Gasteiger partial charge in [-0.1, -0.05) is 31.4 Å². The highest BCUT2D eigenvalue weighted by Gasteiger charge is 2.22. The monoisotopic (exact) mass is 518 g/mol. The van der Waals surface area contributed by atoms with Crippen LogP contribution in [-0.4, -0.2) is 54.8 Å². The largest absolute Gasteiger partial charge is 0.497 e. The molecule has 1 saturated carbocycles. The van der Waals surface area contributed by atoms with E-state index in [1.54, 1.807) is 14.2 Å². The fraction of sp³-hybridized carbons (Fsp3) is 0.548. The van der Waals surface area contributed by atoms with Crippen LogP contribution in [0.15, 0.2) is 42.5 Å². The molecule has 0 bridgehead atoms. The maximum atomic E-state index is 9.79. The Labute approximate surface area is 226 Å². The third kappa shape index (κ3) is 6.56. The summed E-state index contributed by atoms with van der Waals surface area (Å²) in [6.07, 6.45) is 10.5. The van der Waals surface area contributed by atoms with Crippen LogP contribution in [0.3, 0.4) is 0 Å². The number of aliphatic hydroxyl groups excluding tert-OH is 1. The number of hydrogen-bond donors (Lipinski definition) is 2. The Morgan fingerprint density at radius 2 is 1.84 bits per heavy atom. The predicted molar refractivity (Wildman–Crippen MR) is 153 cm³/mol. The molecule has 2 unspecified atom stereocenters. The predicted octanol–water partition coefficient (Wildman–Crippen LogP) is 5.74. The highest BCUT2D eigenvalue weighted by molar-refractivity contribution is 5.94. The summed E-state index contributed by atoms with van der Waals surface area (Å²) in [5.74, 6) is 2.45. The molecule has 1 saturated heterocycles. The maximum absolute atomic E-state index is 9.79. The zero-order valence-electron chi connectivity index (χ0n) is 22.9. The molecule has 2 heterocycles. The number of nitrogens with one attached hydrogen (secondary N) is 1. The number of aryl methyl sites for hydroxylation is 1. The van der Waals surface area contributed by atoms with Gasteiger partial charge in [-0.25, -0.2) is 0 Å². The van der Waals surface area contributed by atoms with Crippen LogP contribution in [0.2, 0.25) is 0 Å². The van der Waals surface area contributed by atoms with E-state index in [0.717, 1.165) is 72.7 Å². The first-order chi connectivity index (χ1) is 18.6. The second kappa shape index (κ2) is 12.8. The van der Waals surface area contributed by atoms with Gasteiger partial charge in [-0.3, -0.25) is 0 Å². The van der Waals surface area contributed by atoms with Gasteiger partial charge in [0.1, 0.15) is 5.75 Å². The summed E-state index contributed by atoms with van der Waals surface area (Å²) in [5.41, 5.74) is 3.50. The van der Waals surface area contributed by atoms with Crippen LogP contribution >= 0.6 is 0 Å². The zero-order valence-corrected chi connectivity index (χ0v) is 22.9. The summed E-state index contributed by atoms with van der Waals surface area (Å²) in [7, 11) is 3.38. The Kier molecular flexibility index (Phi) is 8.97. The van der Waals surface area contributed by atoms with Crippen molar-refractivity contribution in [3.05, 3.63) is 53.7 Å². The molecule has 2 aliphatic rings. The highest BCUT2D eigenvalue weighted by Crippen LogP contribution is 2.32. The number of rotatable bonds is 10. The minimum atomic E-state index is -0.179. The van der Waals surface area contributed by atoms with Gasteiger partial charge in [-0.15, -0.1) is 5.10 Å². The summed E-state index contributed by atoms with van der Waals surface area (Å²) in [4.78, 5) is 2.28. The summed E-state index contributed by atoms with van der Waals surface area (Å²) >= 11 is 0. The van der Waals surface area contributed by atoms with Crippen LogP contribution in [0.5, 0.6) is 5.75 Å². The molecule has 0 amide bonds. The molecule has 3 aromatic rings. The van der Waals surface area contributed by atoms with Crippen molar-refractivity contribution in [1.29, 1.82) is 0 Å². The minimum absolute atomic E-state index is 0.179. The number of anilines is 2. The third-order valence-electron chi connectivity index (χ3n) is 8.32. The molecule has 3 atom stereocenters. The van der Waals surface area contributed by atoms with Crippen LogP contribution in [-0.2, 0) is 17.8 Å². The number of β-amino-alcohol motifs (C(OH)–C–C–N with tert-alkyl or cyclic N) is 1. The number of aromatic nitrogens is 2. The summed E-state index contributed by atoms with van der Waals surface area (Å²) < 4.78 is 10.8. The number of aliphatic hydroxyl groups is 1. The first-order valence-corrected chi connectivity index (χ1v) is 14.2. The SMILES string of the molecule is COCc1nnc(NC2CCCC(CCCc3ccc(N4CC[C@H](O)C4)cc3)CC2)c2cc(OC)ccc12. The van der Waals surface area contributed by atoms with Gasteiger partial charge in [0.2, 0.25) is 0 Å². The quantitative estimate of drug-likeness (QED) is 0.331. The topological polar surface area (TPSA) is 79.7 Å². The lowest BCUT2D eigenvalue weighted by Gasteiger charge is -2.19. The van der Waals surface area contributed by atoms with Gasteiger partial charge in [-0.2, -0.15) is 5.10 Å². The van der Waals surface area contributed by atoms with E-state index in [9.17, 15) is 5.11 Å². The van der Waals surface area contributed by atoms with Gasteiger partial charge >= 0.3 is 0 Å². The number of methoxy groups -OCH3 is 2. The van der Waals surface area contributed by atoms with Gasteiger partial charge in [0.05, 0.1) is 25.5 Å². The molecule has 7 nitrogen and oxygen atoms in total. The molecule has 1 aliphatic heterocycles. The Hall–Kier alpha value is -2.90. The van der Waals surface area contributed by atoms with Crippen molar-refractivity contribution >= 4 is 22.3 Å². The van der Waals surface area contributed by atoms with Crippen molar-refractivity contribution in [2.24, 2.45) is 5.92 Å². The van der Waals surface area contributed by atoms with Crippen molar-refractivity contribution in [1.82, 2.24) is 10.2 Å². The second-order valence-electron chi connectivity index (χ2n) is 11.0. The molecule has 1 aromatic heterocycles. The van der Waals surface area contributed by atoms with Crippen molar-refractivity contribution in [2.45, 2.75) is 76.5 Å². The van der Waals surface area contributed by atoms with Gasteiger partial charge in [-0.05, 0) is 80.3 Å². The summed E-state index contributed by atoms with van der Waals surface area (Å²) in [5, 5.41) is 24.6. The molecule has 204 valence electrons. The van der Waals surface area contributed by atoms with Crippen molar-refractivity contribution in [3.63, 3.8) is 0 Å². The molecule has 0 radical (unpaired) electrons. The van der Waals surface area contributed by atoms with Crippen molar-refractivity contribution in [2.75, 3.05) is 37.5 Å². The number of benzene rings is 2. The first-order valence-electron chi connectivity index (χ1n) is 14.2. The van der Waals surface area contributed by atoms with E-state index in [4.69, 9.17) is 9.47 Å². The zero-order chi connectivity index (χ0) is 26.3. The molecule has 2 N–H and O–H groups in total. The van der Waals surface area contributed by atoms with Crippen LogP contribution in [0.1, 0.15) is 62.6 Å².